The van der Waals surface area contributed by atoms with Crippen LogP contribution in [0.25, 0.3) is 0 Å². The van der Waals surface area contributed by atoms with Crippen molar-refractivity contribution in [3.8, 4) is 0 Å². The van der Waals surface area contributed by atoms with Gasteiger partial charge in [-0.15, -0.1) is 0 Å². The zero-order valence-electron chi connectivity index (χ0n) is 15.2. The van der Waals surface area contributed by atoms with Crippen LogP contribution in [0, 0.1) is 0 Å². The molecule has 8 heteroatoms. The van der Waals surface area contributed by atoms with Gasteiger partial charge in [-0.2, -0.15) is 5.10 Å². The third kappa shape index (κ3) is 4.18. The van der Waals surface area contributed by atoms with Gasteiger partial charge in [0, 0.05) is 39.1 Å². The Morgan fingerprint density at radius 2 is 1.84 bits per heavy atom. The van der Waals surface area contributed by atoms with Crippen molar-refractivity contribution < 1.29 is 9.59 Å². The highest BCUT2D eigenvalue weighted by Gasteiger charge is 2.34. The number of hydrogen-bond donors (Lipinski definition) is 0. The molecule has 0 N–H and O–H groups in total. The maximum absolute atomic E-state index is 13.0. The fourth-order valence-electron chi connectivity index (χ4n) is 3.92. The molecule has 3 rings (SSSR count). The predicted octanol–water partition coefficient (Wildman–Crippen LogP) is 0.212. The van der Waals surface area contributed by atoms with Gasteiger partial charge in [0.25, 0.3) is 0 Å². The molecule has 0 saturated carbocycles. The van der Waals surface area contributed by atoms with E-state index in [1.165, 1.54) is 6.42 Å². The van der Waals surface area contributed by atoms with E-state index in [0.29, 0.717) is 32.2 Å². The van der Waals surface area contributed by atoms with Gasteiger partial charge in [-0.3, -0.25) is 19.2 Å². The summed E-state index contributed by atoms with van der Waals surface area (Å²) in [5, 5.41) is 4.21. The van der Waals surface area contributed by atoms with E-state index in [2.05, 4.69) is 15.0 Å². The second-order valence-electron chi connectivity index (χ2n) is 7.01. The molecule has 0 aliphatic carbocycles. The molecule has 2 fully saturated rings. The van der Waals surface area contributed by atoms with Crippen molar-refractivity contribution in [2.45, 2.75) is 51.7 Å². The van der Waals surface area contributed by atoms with Crippen LogP contribution in [0.1, 0.15) is 33.1 Å². The predicted molar refractivity (Wildman–Crippen MR) is 92.7 cm³/mol. The van der Waals surface area contributed by atoms with Gasteiger partial charge >= 0.3 is 0 Å². The maximum Gasteiger partial charge on any atom is 0.239 e. The van der Waals surface area contributed by atoms with Crippen molar-refractivity contribution in [3.63, 3.8) is 0 Å². The second kappa shape index (κ2) is 7.95. The first-order valence-corrected chi connectivity index (χ1v) is 9.18. The Morgan fingerprint density at radius 3 is 2.48 bits per heavy atom. The number of piperazine rings is 1. The van der Waals surface area contributed by atoms with E-state index in [9.17, 15) is 9.59 Å². The summed E-state index contributed by atoms with van der Waals surface area (Å²) < 4.78 is 1.85. The lowest BCUT2D eigenvalue weighted by Crippen LogP contribution is -2.57. The monoisotopic (exact) mass is 348 g/mol. The summed E-state index contributed by atoms with van der Waals surface area (Å²) in [5.74, 6) is 0.262. The standard InChI is InChI=1S/C17H28N6O2/c1-14(17(25)21-9-7-20(8-10-21)15(2)24)23-6-4-3-5-16(23)11-22-13-18-12-19-22/h12-14,16H,3-11H2,1-2H3/t14-,16-/m0/s1. The summed E-state index contributed by atoms with van der Waals surface area (Å²) in [6, 6.07) is 0.172. The van der Waals surface area contributed by atoms with Crippen LogP contribution in [0.2, 0.25) is 0 Å². The molecule has 0 unspecified atom stereocenters. The second-order valence-corrected chi connectivity index (χ2v) is 7.01. The summed E-state index contributed by atoms with van der Waals surface area (Å²) in [6.45, 7) is 7.85. The normalized spacial score (nSPS) is 23.5. The highest BCUT2D eigenvalue weighted by atomic mass is 16.2. The highest BCUT2D eigenvalue weighted by molar-refractivity contribution is 5.82. The summed E-state index contributed by atoms with van der Waals surface area (Å²) in [7, 11) is 0. The third-order valence-corrected chi connectivity index (χ3v) is 5.43. The van der Waals surface area contributed by atoms with E-state index in [0.717, 1.165) is 25.9 Å². The first-order chi connectivity index (χ1) is 12.1. The van der Waals surface area contributed by atoms with Crippen molar-refractivity contribution in [1.29, 1.82) is 0 Å². The van der Waals surface area contributed by atoms with Gasteiger partial charge in [0.1, 0.15) is 12.7 Å². The average molecular weight is 348 g/mol. The van der Waals surface area contributed by atoms with Crippen molar-refractivity contribution >= 4 is 11.8 Å². The van der Waals surface area contributed by atoms with Crippen molar-refractivity contribution in [1.82, 2.24) is 29.5 Å². The van der Waals surface area contributed by atoms with Crippen molar-refractivity contribution in [2.75, 3.05) is 32.7 Å². The van der Waals surface area contributed by atoms with Gasteiger partial charge in [-0.1, -0.05) is 6.42 Å². The molecule has 0 radical (unpaired) electrons. The molecule has 0 bridgehead atoms. The average Bonchev–Trinajstić information content (AvgIpc) is 3.14. The molecule has 1 aromatic heterocycles. The molecule has 25 heavy (non-hydrogen) atoms. The van der Waals surface area contributed by atoms with E-state index in [4.69, 9.17) is 0 Å². The minimum Gasteiger partial charge on any atom is -0.339 e. The number of aromatic nitrogens is 3. The minimum absolute atomic E-state index is 0.0871. The Morgan fingerprint density at radius 1 is 1.12 bits per heavy atom. The number of piperidine rings is 1. The van der Waals surface area contributed by atoms with E-state index < -0.39 is 0 Å². The molecule has 2 aliphatic heterocycles. The number of nitrogens with zero attached hydrogens (tertiary/aromatic N) is 6. The van der Waals surface area contributed by atoms with Crippen LogP contribution in [-0.4, -0.2) is 86.1 Å². The molecule has 2 aliphatic rings. The summed E-state index contributed by atoms with van der Waals surface area (Å²) >= 11 is 0. The molecular formula is C17H28N6O2. The van der Waals surface area contributed by atoms with Crippen LogP contribution in [0.4, 0.5) is 0 Å². The molecule has 3 heterocycles. The fourth-order valence-corrected chi connectivity index (χ4v) is 3.92. The molecule has 0 spiro atoms. The van der Waals surface area contributed by atoms with Gasteiger partial charge in [0.2, 0.25) is 11.8 Å². The summed E-state index contributed by atoms with van der Waals surface area (Å²) in [5.41, 5.74) is 0. The van der Waals surface area contributed by atoms with Crippen LogP contribution in [-0.2, 0) is 16.1 Å². The van der Waals surface area contributed by atoms with Crippen LogP contribution in [0.15, 0.2) is 12.7 Å². The summed E-state index contributed by atoms with van der Waals surface area (Å²) in [4.78, 5) is 34.5. The largest absolute Gasteiger partial charge is 0.339 e. The number of carbonyl (C=O) groups excluding carboxylic acids is 2. The zero-order chi connectivity index (χ0) is 17.8. The molecule has 2 amide bonds. The van der Waals surface area contributed by atoms with Crippen LogP contribution >= 0.6 is 0 Å². The topological polar surface area (TPSA) is 74.6 Å². The Bertz CT molecular complexity index is 582. The van der Waals surface area contributed by atoms with Crippen LogP contribution in [0.3, 0.4) is 0 Å². The Labute approximate surface area is 148 Å². The Balaban J connectivity index is 1.60. The highest BCUT2D eigenvalue weighted by Crippen LogP contribution is 2.22. The number of hydrogen-bond acceptors (Lipinski definition) is 5. The van der Waals surface area contributed by atoms with Crippen LogP contribution in [0.5, 0.6) is 0 Å². The number of carbonyl (C=O) groups is 2. The van der Waals surface area contributed by atoms with Gasteiger partial charge in [0.05, 0.1) is 12.6 Å². The van der Waals surface area contributed by atoms with E-state index in [-0.39, 0.29) is 17.9 Å². The van der Waals surface area contributed by atoms with Gasteiger partial charge < -0.3 is 9.80 Å². The Kier molecular flexibility index (Phi) is 5.67. The maximum atomic E-state index is 13.0. The first kappa shape index (κ1) is 17.8. The number of rotatable bonds is 4. The molecule has 138 valence electrons. The van der Waals surface area contributed by atoms with Crippen molar-refractivity contribution in [2.24, 2.45) is 0 Å². The quantitative estimate of drug-likeness (QED) is 0.778. The molecule has 2 saturated heterocycles. The van der Waals surface area contributed by atoms with E-state index in [1.807, 2.05) is 21.4 Å². The molecule has 0 aromatic carbocycles. The SMILES string of the molecule is CC(=O)N1CCN(C(=O)[C@H](C)N2CCCC[C@H]2Cn2cncn2)CC1. The lowest BCUT2D eigenvalue weighted by Gasteiger charge is -2.42. The lowest BCUT2D eigenvalue weighted by molar-refractivity contribution is -0.143. The zero-order valence-corrected chi connectivity index (χ0v) is 15.2. The van der Waals surface area contributed by atoms with Crippen LogP contribution < -0.4 is 0 Å². The van der Waals surface area contributed by atoms with E-state index >= 15 is 0 Å². The fraction of sp³-hybridized carbons (Fsp3) is 0.765. The van der Waals surface area contributed by atoms with Gasteiger partial charge in [-0.25, -0.2) is 4.98 Å². The number of amides is 2. The molecule has 2 atom stereocenters. The van der Waals surface area contributed by atoms with Gasteiger partial charge in [-0.05, 0) is 26.3 Å². The minimum atomic E-state index is -0.141. The lowest BCUT2D eigenvalue weighted by atomic mass is 9.99. The molecule has 1 aromatic rings. The summed E-state index contributed by atoms with van der Waals surface area (Å²) in [6.07, 6.45) is 6.68. The van der Waals surface area contributed by atoms with Crippen molar-refractivity contribution in [3.05, 3.63) is 12.7 Å². The first-order valence-electron chi connectivity index (χ1n) is 9.18. The van der Waals surface area contributed by atoms with E-state index in [1.54, 1.807) is 19.6 Å². The molecule has 8 nitrogen and oxygen atoms in total. The Hall–Kier alpha value is -1.96. The molecular weight excluding hydrogens is 320 g/mol. The number of likely N-dealkylation sites (tertiary alicyclic amines) is 1. The van der Waals surface area contributed by atoms with Gasteiger partial charge in [0.15, 0.2) is 0 Å². The third-order valence-electron chi connectivity index (χ3n) is 5.43. The smallest absolute Gasteiger partial charge is 0.239 e.